The number of amides is 1. The predicted octanol–water partition coefficient (Wildman–Crippen LogP) is 4.06. The highest BCUT2D eigenvalue weighted by Gasteiger charge is 2.24. The van der Waals surface area contributed by atoms with E-state index in [-0.39, 0.29) is 12.3 Å². The maximum Gasteiger partial charge on any atom is 0.227 e. The van der Waals surface area contributed by atoms with Gasteiger partial charge in [0.05, 0.1) is 11.8 Å². The molecule has 3 aromatic rings. The van der Waals surface area contributed by atoms with Gasteiger partial charge in [0.1, 0.15) is 16.5 Å². The maximum atomic E-state index is 12.6. The number of nitrogens with one attached hydrogen (secondary N) is 1. The third-order valence-corrected chi connectivity index (χ3v) is 7.17. The Morgan fingerprint density at radius 2 is 2.00 bits per heavy atom. The Balaban J connectivity index is 1.62. The van der Waals surface area contributed by atoms with Crippen LogP contribution in [0.25, 0.3) is 10.2 Å². The van der Waals surface area contributed by atoms with Crippen molar-refractivity contribution in [1.29, 1.82) is 0 Å². The van der Waals surface area contributed by atoms with Crippen molar-refractivity contribution in [1.82, 2.24) is 20.3 Å². The number of hydrogen-bond donors (Lipinski definition) is 1. The normalized spacial score (nSPS) is 14.4. The van der Waals surface area contributed by atoms with Crippen LogP contribution in [0.1, 0.15) is 54.9 Å². The highest BCUT2D eigenvalue weighted by Crippen LogP contribution is 2.40. The van der Waals surface area contributed by atoms with Crippen LogP contribution in [0.5, 0.6) is 0 Å². The van der Waals surface area contributed by atoms with E-state index >= 15 is 0 Å². The van der Waals surface area contributed by atoms with Gasteiger partial charge in [-0.15, -0.1) is 11.3 Å². The zero-order valence-electron chi connectivity index (χ0n) is 17.9. The van der Waals surface area contributed by atoms with Crippen LogP contribution in [-0.2, 0) is 30.6 Å². The number of carbonyl (C=O) groups excluding carboxylic acids is 1. The van der Waals surface area contributed by atoms with Crippen LogP contribution < -0.4 is 10.2 Å². The number of carbonyl (C=O) groups is 1. The highest BCUT2D eigenvalue weighted by molar-refractivity contribution is 7.19. The van der Waals surface area contributed by atoms with E-state index in [1.54, 1.807) is 23.7 Å². The molecule has 1 atom stereocenters. The summed E-state index contributed by atoms with van der Waals surface area (Å²) in [6.45, 7) is 4.89. The van der Waals surface area contributed by atoms with E-state index in [9.17, 15) is 4.79 Å². The van der Waals surface area contributed by atoms with Gasteiger partial charge in [-0.2, -0.15) is 0 Å². The molecule has 6 nitrogen and oxygen atoms in total. The standard InChI is InChI=1S/C23H29N5OS/c1-4-15(2)28(3)22-21-17-7-5-6-8-18(17)30-23(21)27-19(26-22)13-20(29)25-14-16-9-11-24-12-10-16/h9-12,15H,4-8,13-14H2,1-3H3,(H,25,29). The van der Waals surface area contributed by atoms with Crippen LogP contribution in [0, 0.1) is 0 Å². The van der Waals surface area contributed by atoms with E-state index in [2.05, 4.69) is 36.1 Å². The Bertz CT molecular complexity index is 1030. The molecule has 0 radical (unpaired) electrons. The Kier molecular flexibility index (Phi) is 6.27. The van der Waals surface area contributed by atoms with Gasteiger partial charge in [0.25, 0.3) is 0 Å². The summed E-state index contributed by atoms with van der Waals surface area (Å²) in [5.41, 5.74) is 2.46. The zero-order valence-corrected chi connectivity index (χ0v) is 18.8. The van der Waals surface area contributed by atoms with Crippen LogP contribution in [0.2, 0.25) is 0 Å². The minimum atomic E-state index is -0.0652. The minimum absolute atomic E-state index is 0.0652. The molecule has 0 spiro atoms. The third-order valence-electron chi connectivity index (χ3n) is 5.99. The fourth-order valence-corrected chi connectivity index (χ4v) is 5.18. The van der Waals surface area contributed by atoms with Crippen LogP contribution >= 0.6 is 11.3 Å². The molecular formula is C23H29N5OS. The number of fused-ring (bicyclic) bond motifs is 3. The number of aromatic nitrogens is 3. The average molecular weight is 424 g/mol. The lowest BCUT2D eigenvalue weighted by molar-refractivity contribution is -0.120. The molecule has 0 bridgehead atoms. The predicted molar refractivity (Wildman–Crippen MR) is 122 cm³/mol. The minimum Gasteiger partial charge on any atom is -0.356 e. The van der Waals surface area contributed by atoms with Gasteiger partial charge in [-0.25, -0.2) is 9.97 Å². The molecule has 1 N–H and O–H groups in total. The van der Waals surface area contributed by atoms with Crippen molar-refractivity contribution in [3.63, 3.8) is 0 Å². The largest absolute Gasteiger partial charge is 0.356 e. The molecule has 3 aromatic heterocycles. The quantitative estimate of drug-likeness (QED) is 0.621. The van der Waals surface area contributed by atoms with E-state index in [0.717, 1.165) is 35.5 Å². The summed E-state index contributed by atoms with van der Waals surface area (Å²) < 4.78 is 0. The second-order valence-electron chi connectivity index (χ2n) is 8.03. The summed E-state index contributed by atoms with van der Waals surface area (Å²) in [5, 5.41) is 4.18. The molecule has 1 aliphatic carbocycles. The molecule has 0 aromatic carbocycles. The van der Waals surface area contributed by atoms with Crippen LogP contribution in [0.4, 0.5) is 5.82 Å². The average Bonchev–Trinajstić information content (AvgIpc) is 3.15. The summed E-state index contributed by atoms with van der Waals surface area (Å²) in [6, 6.07) is 4.17. The first-order chi connectivity index (χ1) is 14.6. The molecule has 30 heavy (non-hydrogen) atoms. The lowest BCUT2D eigenvalue weighted by Gasteiger charge is -2.26. The molecule has 0 saturated heterocycles. The van der Waals surface area contributed by atoms with Gasteiger partial charge in [-0.05, 0) is 62.3 Å². The van der Waals surface area contributed by atoms with Crippen LogP contribution in [-0.4, -0.2) is 33.9 Å². The van der Waals surface area contributed by atoms with Gasteiger partial charge in [0.15, 0.2) is 0 Å². The molecule has 0 saturated carbocycles. The smallest absolute Gasteiger partial charge is 0.227 e. The number of aryl methyl sites for hydroxylation is 2. The van der Waals surface area contributed by atoms with Gasteiger partial charge in [0, 0.05) is 36.9 Å². The fourth-order valence-electron chi connectivity index (χ4n) is 3.91. The summed E-state index contributed by atoms with van der Waals surface area (Å²) in [7, 11) is 2.11. The number of nitrogens with zero attached hydrogens (tertiary/aromatic N) is 4. The summed E-state index contributed by atoms with van der Waals surface area (Å²) in [6.07, 6.45) is 9.39. The number of hydrogen-bond acceptors (Lipinski definition) is 6. The summed E-state index contributed by atoms with van der Waals surface area (Å²) in [5.74, 6) is 1.51. The second-order valence-corrected chi connectivity index (χ2v) is 9.12. The number of pyridine rings is 1. The van der Waals surface area contributed by atoms with Crippen molar-refractivity contribution in [2.45, 2.75) is 65.0 Å². The molecule has 3 heterocycles. The molecule has 7 heteroatoms. The van der Waals surface area contributed by atoms with E-state index < -0.39 is 0 Å². The number of rotatable bonds is 7. The number of thiophene rings is 1. The lowest BCUT2D eigenvalue weighted by Crippen LogP contribution is -2.30. The first-order valence-electron chi connectivity index (χ1n) is 10.8. The molecule has 0 aliphatic heterocycles. The zero-order chi connectivity index (χ0) is 21.1. The van der Waals surface area contributed by atoms with Gasteiger partial charge in [0.2, 0.25) is 5.91 Å². The SMILES string of the molecule is CCC(C)N(C)c1nc(CC(=O)NCc2ccncc2)nc2sc3c(c12)CCCC3. The molecular weight excluding hydrogens is 394 g/mol. The summed E-state index contributed by atoms with van der Waals surface area (Å²) in [4.78, 5) is 31.0. The van der Waals surface area contributed by atoms with Crippen molar-refractivity contribution < 1.29 is 4.79 Å². The third kappa shape index (κ3) is 4.31. The Labute approximate surface area is 181 Å². The number of anilines is 1. The first kappa shape index (κ1) is 20.7. The van der Waals surface area contributed by atoms with E-state index in [1.807, 2.05) is 12.1 Å². The highest BCUT2D eigenvalue weighted by atomic mass is 32.1. The Morgan fingerprint density at radius 1 is 1.23 bits per heavy atom. The lowest BCUT2D eigenvalue weighted by atomic mass is 9.96. The molecule has 158 valence electrons. The van der Waals surface area contributed by atoms with Gasteiger partial charge in [-0.3, -0.25) is 9.78 Å². The van der Waals surface area contributed by atoms with Crippen molar-refractivity contribution >= 4 is 33.3 Å². The monoisotopic (exact) mass is 423 g/mol. The Hall–Kier alpha value is -2.54. The van der Waals surface area contributed by atoms with Gasteiger partial charge >= 0.3 is 0 Å². The van der Waals surface area contributed by atoms with Crippen molar-refractivity contribution in [2.75, 3.05) is 11.9 Å². The Morgan fingerprint density at radius 3 is 2.77 bits per heavy atom. The molecule has 1 unspecified atom stereocenters. The second kappa shape index (κ2) is 9.08. The van der Waals surface area contributed by atoms with Gasteiger partial charge in [-0.1, -0.05) is 6.92 Å². The first-order valence-corrected chi connectivity index (χ1v) is 11.6. The maximum absolute atomic E-state index is 12.6. The van der Waals surface area contributed by atoms with E-state index in [0.29, 0.717) is 18.4 Å². The molecule has 1 amide bonds. The van der Waals surface area contributed by atoms with Crippen molar-refractivity contribution in [2.24, 2.45) is 0 Å². The summed E-state index contributed by atoms with van der Waals surface area (Å²) >= 11 is 1.79. The molecule has 1 aliphatic rings. The van der Waals surface area contributed by atoms with Crippen LogP contribution in [0.3, 0.4) is 0 Å². The van der Waals surface area contributed by atoms with Crippen molar-refractivity contribution in [3.8, 4) is 0 Å². The topological polar surface area (TPSA) is 71.0 Å². The fraction of sp³-hybridized carbons (Fsp3) is 0.478. The van der Waals surface area contributed by atoms with E-state index in [1.165, 1.54) is 28.7 Å². The van der Waals surface area contributed by atoms with Crippen LogP contribution in [0.15, 0.2) is 24.5 Å². The van der Waals surface area contributed by atoms with Gasteiger partial charge < -0.3 is 10.2 Å². The molecule has 0 fully saturated rings. The molecule has 4 rings (SSSR count). The van der Waals surface area contributed by atoms with E-state index in [4.69, 9.17) is 9.97 Å². The van der Waals surface area contributed by atoms with Crippen molar-refractivity contribution in [3.05, 3.63) is 46.4 Å².